The second-order valence-corrected chi connectivity index (χ2v) is 7.23. The molecule has 1 aromatic carbocycles. The number of carbonyl (C=O) groups excluding carboxylic acids is 1. The molecule has 1 amide bonds. The van der Waals surface area contributed by atoms with Crippen LogP contribution in [0.5, 0.6) is 0 Å². The van der Waals surface area contributed by atoms with E-state index in [4.69, 9.17) is 4.74 Å². The van der Waals surface area contributed by atoms with E-state index in [1.165, 1.54) is 6.07 Å². The van der Waals surface area contributed by atoms with Crippen LogP contribution >= 0.6 is 15.9 Å². The number of benzene rings is 1. The van der Waals surface area contributed by atoms with E-state index in [-0.39, 0.29) is 11.6 Å². The Morgan fingerprint density at radius 2 is 2.12 bits per heavy atom. The summed E-state index contributed by atoms with van der Waals surface area (Å²) in [6.07, 6.45) is 1.50. The first-order chi connectivity index (χ1) is 11.6. The number of ether oxygens (including phenoxy) is 1. The SMILES string of the molecule is O=C(CCN1CCN([C@H]2CCOC2)CC1)Nc1ccc(Br)cc1F. The van der Waals surface area contributed by atoms with Crippen molar-refractivity contribution in [1.82, 2.24) is 9.80 Å². The molecule has 3 rings (SSSR count). The van der Waals surface area contributed by atoms with Gasteiger partial charge in [-0.2, -0.15) is 0 Å². The number of amides is 1. The number of hydrogen-bond acceptors (Lipinski definition) is 4. The molecule has 2 saturated heterocycles. The highest BCUT2D eigenvalue weighted by Crippen LogP contribution is 2.19. The summed E-state index contributed by atoms with van der Waals surface area (Å²) in [5.74, 6) is -0.576. The fourth-order valence-electron chi connectivity index (χ4n) is 3.23. The average molecular weight is 400 g/mol. The molecule has 2 aliphatic heterocycles. The lowest BCUT2D eigenvalue weighted by atomic mass is 10.2. The van der Waals surface area contributed by atoms with Crippen LogP contribution in [0.2, 0.25) is 0 Å². The van der Waals surface area contributed by atoms with Crippen LogP contribution in [0, 0.1) is 5.82 Å². The summed E-state index contributed by atoms with van der Waals surface area (Å²) in [6, 6.07) is 5.20. The lowest BCUT2D eigenvalue weighted by Crippen LogP contribution is -2.50. The molecule has 1 aromatic rings. The van der Waals surface area contributed by atoms with Crippen LogP contribution in [0.1, 0.15) is 12.8 Å². The zero-order valence-electron chi connectivity index (χ0n) is 13.6. The quantitative estimate of drug-likeness (QED) is 0.824. The Balaban J connectivity index is 1.39. The lowest BCUT2D eigenvalue weighted by molar-refractivity contribution is -0.116. The number of hydrogen-bond donors (Lipinski definition) is 1. The topological polar surface area (TPSA) is 44.8 Å². The molecule has 0 aromatic heterocycles. The van der Waals surface area contributed by atoms with Gasteiger partial charge in [-0.25, -0.2) is 4.39 Å². The van der Waals surface area contributed by atoms with Crippen molar-refractivity contribution in [3.8, 4) is 0 Å². The van der Waals surface area contributed by atoms with Gasteiger partial charge in [0.1, 0.15) is 5.82 Å². The van der Waals surface area contributed by atoms with Crippen molar-refractivity contribution in [2.45, 2.75) is 18.9 Å². The van der Waals surface area contributed by atoms with Gasteiger partial charge in [0.05, 0.1) is 12.3 Å². The molecule has 132 valence electrons. The van der Waals surface area contributed by atoms with Crippen molar-refractivity contribution in [2.24, 2.45) is 0 Å². The maximum atomic E-state index is 13.7. The summed E-state index contributed by atoms with van der Waals surface area (Å²) in [4.78, 5) is 16.8. The molecule has 0 aliphatic carbocycles. The first kappa shape index (κ1) is 17.8. The Labute approximate surface area is 150 Å². The highest BCUT2D eigenvalue weighted by atomic mass is 79.9. The van der Waals surface area contributed by atoms with Crippen molar-refractivity contribution in [2.75, 3.05) is 51.3 Å². The van der Waals surface area contributed by atoms with Crippen molar-refractivity contribution >= 4 is 27.5 Å². The summed E-state index contributed by atoms with van der Waals surface area (Å²) in [7, 11) is 0. The molecule has 1 atom stereocenters. The van der Waals surface area contributed by atoms with Gasteiger partial charge in [0, 0.05) is 56.3 Å². The fourth-order valence-corrected chi connectivity index (χ4v) is 3.56. The van der Waals surface area contributed by atoms with Gasteiger partial charge in [-0.15, -0.1) is 0 Å². The van der Waals surface area contributed by atoms with E-state index >= 15 is 0 Å². The Morgan fingerprint density at radius 1 is 1.33 bits per heavy atom. The first-order valence-corrected chi connectivity index (χ1v) is 9.20. The number of rotatable bonds is 5. The van der Waals surface area contributed by atoms with Gasteiger partial charge < -0.3 is 15.0 Å². The molecule has 0 saturated carbocycles. The number of nitrogens with one attached hydrogen (secondary N) is 1. The third-order valence-corrected chi connectivity index (χ3v) is 5.18. The van der Waals surface area contributed by atoms with E-state index in [2.05, 4.69) is 31.0 Å². The zero-order valence-corrected chi connectivity index (χ0v) is 15.2. The largest absolute Gasteiger partial charge is 0.380 e. The predicted octanol–water partition coefficient (Wildman–Crippen LogP) is 2.32. The average Bonchev–Trinajstić information content (AvgIpc) is 3.11. The summed E-state index contributed by atoms with van der Waals surface area (Å²) < 4.78 is 19.8. The van der Waals surface area contributed by atoms with E-state index in [0.29, 0.717) is 23.5 Å². The van der Waals surface area contributed by atoms with Crippen molar-refractivity contribution in [1.29, 1.82) is 0 Å². The standard InChI is InChI=1S/C17H23BrFN3O2/c18-13-1-2-16(15(19)11-13)20-17(23)3-5-21-6-8-22(9-7-21)14-4-10-24-12-14/h1-2,11,14H,3-10,12H2,(H,20,23)/t14-/m0/s1. The smallest absolute Gasteiger partial charge is 0.225 e. The molecule has 1 N–H and O–H groups in total. The number of piperazine rings is 1. The highest BCUT2D eigenvalue weighted by molar-refractivity contribution is 9.10. The third-order valence-electron chi connectivity index (χ3n) is 4.69. The molecule has 0 unspecified atom stereocenters. The van der Waals surface area contributed by atoms with Gasteiger partial charge in [-0.05, 0) is 24.6 Å². The Morgan fingerprint density at radius 3 is 2.79 bits per heavy atom. The minimum absolute atomic E-state index is 0.150. The molecule has 24 heavy (non-hydrogen) atoms. The zero-order chi connectivity index (χ0) is 16.9. The minimum Gasteiger partial charge on any atom is -0.380 e. The van der Waals surface area contributed by atoms with Gasteiger partial charge in [-0.3, -0.25) is 9.69 Å². The molecule has 2 fully saturated rings. The monoisotopic (exact) mass is 399 g/mol. The summed E-state index contributed by atoms with van der Waals surface area (Å²) in [5.41, 5.74) is 0.231. The van der Waals surface area contributed by atoms with Crippen LogP contribution in [0.25, 0.3) is 0 Å². The number of anilines is 1. The normalized spacial score (nSPS) is 22.7. The fraction of sp³-hybridized carbons (Fsp3) is 0.588. The molecule has 7 heteroatoms. The molecular formula is C17H23BrFN3O2. The number of nitrogens with zero attached hydrogens (tertiary/aromatic N) is 2. The van der Waals surface area contributed by atoms with Crippen LogP contribution < -0.4 is 5.32 Å². The van der Waals surface area contributed by atoms with Gasteiger partial charge in [0.25, 0.3) is 0 Å². The second-order valence-electron chi connectivity index (χ2n) is 6.32. The number of halogens is 2. The lowest BCUT2D eigenvalue weighted by Gasteiger charge is -2.37. The Kier molecular flexibility index (Phi) is 6.21. The summed E-state index contributed by atoms with van der Waals surface area (Å²) >= 11 is 3.20. The molecule has 5 nitrogen and oxygen atoms in total. The van der Waals surface area contributed by atoms with Crippen molar-refractivity contribution in [3.05, 3.63) is 28.5 Å². The van der Waals surface area contributed by atoms with Crippen LogP contribution in [0.3, 0.4) is 0 Å². The van der Waals surface area contributed by atoms with Crippen LogP contribution in [-0.2, 0) is 9.53 Å². The molecular weight excluding hydrogens is 377 g/mol. The third kappa shape index (κ3) is 4.75. The Bertz CT molecular complexity index is 573. The van der Waals surface area contributed by atoms with E-state index < -0.39 is 5.82 Å². The molecule has 2 aliphatic rings. The molecule has 2 heterocycles. The maximum absolute atomic E-state index is 13.7. The first-order valence-electron chi connectivity index (χ1n) is 8.41. The van der Waals surface area contributed by atoms with Crippen molar-refractivity contribution < 1.29 is 13.9 Å². The van der Waals surface area contributed by atoms with Gasteiger partial charge in [-0.1, -0.05) is 15.9 Å². The van der Waals surface area contributed by atoms with Crippen LogP contribution in [-0.4, -0.2) is 67.7 Å². The Hall–Kier alpha value is -1.02. The van der Waals surface area contributed by atoms with Gasteiger partial charge in [0.2, 0.25) is 5.91 Å². The predicted molar refractivity (Wildman–Crippen MR) is 94.6 cm³/mol. The van der Waals surface area contributed by atoms with E-state index in [1.54, 1.807) is 12.1 Å². The summed E-state index contributed by atoms with van der Waals surface area (Å²) in [5, 5.41) is 2.64. The van der Waals surface area contributed by atoms with Crippen LogP contribution in [0.15, 0.2) is 22.7 Å². The van der Waals surface area contributed by atoms with Gasteiger partial charge >= 0.3 is 0 Å². The number of carbonyl (C=O) groups is 1. The highest BCUT2D eigenvalue weighted by Gasteiger charge is 2.26. The maximum Gasteiger partial charge on any atom is 0.225 e. The summed E-state index contributed by atoms with van der Waals surface area (Å²) in [6.45, 7) is 6.42. The van der Waals surface area contributed by atoms with Crippen molar-refractivity contribution in [3.63, 3.8) is 0 Å². The second kappa shape index (κ2) is 8.38. The van der Waals surface area contributed by atoms with Crippen LogP contribution in [0.4, 0.5) is 10.1 Å². The minimum atomic E-state index is -0.426. The van der Waals surface area contributed by atoms with Gasteiger partial charge in [0.15, 0.2) is 0 Å². The molecule has 0 radical (unpaired) electrons. The van der Waals surface area contributed by atoms with E-state index in [9.17, 15) is 9.18 Å². The molecule has 0 bridgehead atoms. The molecule has 0 spiro atoms. The van der Waals surface area contributed by atoms with E-state index in [0.717, 1.165) is 45.8 Å². The van der Waals surface area contributed by atoms with E-state index in [1.807, 2.05) is 0 Å².